The zero-order valence-corrected chi connectivity index (χ0v) is 12.0. The Bertz CT molecular complexity index is 529. The van der Waals surface area contributed by atoms with E-state index in [9.17, 15) is 0 Å². The van der Waals surface area contributed by atoms with Crippen molar-refractivity contribution in [3.63, 3.8) is 0 Å². The summed E-state index contributed by atoms with van der Waals surface area (Å²) >= 11 is 0. The SMILES string of the molecule is CCNC(c1ccncc1)c1ccc(C2CCC2)cc1. The lowest BCUT2D eigenvalue weighted by Crippen LogP contribution is -2.22. The van der Waals surface area contributed by atoms with Gasteiger partial charge in [-0.25, -0.2) is 0 Å². The smallest absolute Gasteiger partial charge is 0.0577 e. The van der Waals surface area contributed by atoms with Crippen LogP contribution in [0.1, 0.15) is 54.8 Å². The summed E-state index contributed by atoms with van der Waals surface area (Å²) in [6, 6.07) is 13.6. The first-order chi connectivity index (χ1) is 9.88. The van der Waals surface area contributed by atoms with E-state index < -0.39 is 0 Å². The molecule has 0 bridgehead atoms. The average molecular weight is 266 g/mol. The predicted molar refractivity (Wildman–Crippen MR) is 82.8 cm³/mol. The molecule has 0 radical (unpaired) electrons. The van der Waals surface area contributed by atoms with Gasteiger partial charge in [-0.15, -0.1) is 0 Å². The number of nitrogens with one attached hydrogen (secondary N) is 1. The van der Waals surface area contributed by atoms with Crippen LogP contribution in [-0.4, -0.2) is 11.5 Å². The van der Waals surface area contributed by atoms with Gasteiger partial charge in [-0.05, 0) is 54.1 Å². The van der Waals surface area contributed by atoms with Crippen molar-refractivity contribution in [2.75, 3.05) is 6.54 Å². The first-order valence-electron chi connectivity index (χ1n) is 7.61. The van der Waals surface area contributed by atoms with E-state index in [1.54, 1.807) is 0 Å². The van der Waals surface area contributed by atoms with Crippen molar-refractivity contribution in [3.05, 3.63) is 65.5 Å². The second-order valence-corrected chi connectivity index (χ2v) is 5.57. The number of rotatable bonds is 5. The van der Waals surface area contributed by atoms with Crippen LogP contribution >= 0.6 is 0 Å². The molecule has 2 heteroatoms. The predicted octanol–water partition coefficient (Wildman–Crippen LogP) is 4.05. The van der Waals surface area contributed by atoms with Crippen LogP contribution in [0.15, 0.2) is 48.8 Å². The molecule has 0 saturated heterocycles. The zero-order chi connectivity index (χ0) is 13.8. The summed E-state index contributed by atoms with van der Waals surface area (Å²) in [4.78, 5) is 4.11. The van der Waals surface area contributed by atoms with Gasteiger partial charge >= 0.3 is 0 Å². The summed E-state index contributed by atoms with van der Waals surface area (Å²) in [6.45, 7) is 3.11. The highest BCUT2D eigenvalue weighted by Crippen LogP contribution is 2.36. The van der Waals surface area contributed by atoms with Gasteiger partial charge in [-0.2, -0.15) is 0 Å². The molecule has 0 aliphatic heterocycles. The average Bonchev–Trinajstić information content (AvgIpc) is 2.45. The van der Waals surface area contributed by atoms with Gasteiger partial charge in [-0.3, -0.25) is 4.98 Å². The molecular weight excluding hydrogens is 244 g/mol. The van der Waals surface area contributed by atoms with Gasteiger partial charge in [0.1, 0.15) is 0 Å². The van der Waals surface area contributed by atoms with E-state index >= 15 is 0 Å². The summed E-state index contributed by atoms with van der Waals surface area (Å²) in [5, 5.41) is 3.56. The topological polar surface area (TPSA) is 24.9 Å². The second kappa shape index (κ2) is 6.19. The van der Waals surface area contributed by atoms with Crippen molar-refractivity contribution in [2.24, 2.45) is 0 Å². The molecular formula is C18H22N2. The Kier molecular flexibility index (Phi) is 4.12. The van der Waals surface area contributed by atoms with Gasteiger partial charge in [0, 0.05) is 12.4 Å². The minimum absolute atomic E-state index is 0.262. The molecule has 1 aliphatic rings. The maximum atomic E-state index is 4.11. The maximum Gasteiger partial charge on any atom is 0.0577 e. The van der Waals surface area contributed by atoms with E-state index in [2.05, 4.69) is 53.6 Å². The number of hydrogen-bond acceptors (Lipinski definition) is 2. The van der Waals surface area contributed by atoms with Crippen molar-refractivity contribution in [3.8, 4) is 0 Å². The fourth-order valence-corrected chi connectivity index (χ4v) is 2.89. The molecule has 2 aromatic rings. The van der Waals surface area contributed by atoms with Gasteiger partial charge in [0.15, 0.2) is 0 Å². The van der Waals surface area contributed by atoms with Crippen LogP contribution < -0.4 is 5.32 Å². The van der Waals surface area contributed by atoms with Crippen LogP contribution in [0.2, 0.25) is 0 Å². The van der Waals surface area contributed by atoms with Gasteiger partial charge in [0.2, 0.25) is 0 Å². The van der Waals surface area contributed by atoms with Crippen LogP contribution in [0.5, 0.6) is 0 Å². The third-order valence-corrected chi connectivity index (χ3v) is 4.29. The fourth-order valence-electron chi connectivity index (χ4n) is 2.89. The Balaban J connectivity index is 1.83. The van der Waals surface area contributed by atoms with Crippen molar-refractivity contribution in [1.29, 1.82) is 0 Å². The van der Waals surface area contributed by atoms with Crippen molar-refractivity contribution in [1.82, 2.24) is 10.3 Å². The summed E-state index contributed by atoms with van der Waals surface area (Å²) in [5.41, 5.74) is 4.12. The fraction of sp³-hybridized carbons (Fsp3) is 0.389. The van der Waals surface area contributed by atoms with E-state index in [4.69, 9.17) is 0 Å². The van der Waals surface area contributed by atoms with Crippen molar-refractivity contribution >= 4 is 0 Å². The monoisotopic (exact) mass is 266 g/mol. The molecule has 1 unspecified atom stereocenters. The minimum Gasteiger partial charge on any atom is -0.307 e. The number of pyridine rings is 1. The van der Waals surface area contributed by atoms with Gasteiger partial charge in [0.05, 0.1) is 6.04 Å². The lowest BCUT2D eigenvalue weighted by Gasteiger charge is -2.26. The normalized spacial score (nSPS) is 16.6. The highest BCUT2D eigenvalue weighted by atomic mass is 14.9. The quantitative estimate of drug-likeness (QED) is 0.883. The summed E-state index contributed by atoms with van der Waals surface area (Å²) in [5.74, 6) is 0.808. The van der Waals surface area contributed by atoms with E-state index in [0.717, 1.165) is 12.5 Å². The number of aromatic nitrogens is 1. The molecule has 104 valence electrons. The standard InChI is InChI=1S/C18H22N2/c1-2-20-18(17-10-12-19-13-11-17)16-8-6-15(7-9-16)14-4-3-5-14/h6-14,18,20H,2-5H2,1H3. The minimum atomic E-state index is 0.262. The first-order valence-corrected chi connectivity index (χ1v) is 7.61. The number of benzene rings is 1. The molecule has 1 fully saturated rings. The number of hydrogen-bond donors (Lipinski definition) is 1. The van der Waals surface area contributed by atoms with Crippen molar-refractivity contribution in [2.45, 2.75) is 38.1 Å². The van der Waals surface area contributed by atoms with Gasteiger partial charge in [-0.1, -0.05) is 37.6 Å². The Hall–Kier alpha value is -1.67. The molecule has 1 aromatic heterocycles. The zero-order valence-electron chi connectivity index (χ0n) is 12.0. The number of nitrogens with zero attached hydrogens (tertiary/aromatic N) is 1. The summed E-state index contributed by atoms with van der Waals surface area (Å²) in [6.07, 6.45) is 7.84. The van der Waals surface area contributed by atoms with E-state index in [1.165, 1.54) is 36.0 Å². The molecule has 0 amide bonds. The molecule has 3 rings (SSSR count). The van der Waals surface area contributed by atoms with Gasteiger partial charge in [0.25, 0.3) is 0 Å². The summed E-state index contributed by atoms with van der Waals surface area (Å²) in [7, 11) is 0. The van der Waals surface area contributed by atoms with Crippen LogP contribution in [0.4, 0.5) is 0 Å². The van der Waals surface area contributed by atoms with Gasteiger partial charge < -0.3 is 5.32 Å². The van der Waals surface area contributed by atoms with E-state index in [1.807, 2.05) is 12.4 Å². The third-order valence-electron chi connectivity index (χ3n) is 4.29. The largest absolute Gasteiger partial charge is 0.307 e. The molecule has 1 aromatic carbocycles. The highest BCUT2D eigenvalue weighted by Gasteiger charge is 2.20. The molecule has 2 nitrogen and oxygen atoms in total. The second-order valence-electron chi connectivity index (χ2n) is 5.57. The Morgan fingerprint density at radius 1 is 1.05 bits per heavy atom. The molecule has 20 heavy (non-hydrogen) atoms. The molecule has 1 aliphatic carbocycles. The van der Waals surface area contributed by atoms with E-state index in [-0.39, 0.29) is 6.04 Å². The molecule has 0 spiro atoms. The lowest BCUT2D eigenvalue weighted by molar-refractivity contribution is 0.419. The molecule has 1 saturated carbocycles. The lowest BCUT2D eigenvalue weighted by atomic mass is 9.79. The Labute approximate surface area is 121 Å². The first kappa shape index (κ1) is 13.3. The van der Waals surface area contributed by atoms with Crippen LogP contribution in [0, 0.1) is 0 Å². The van der Waals surface area contributed by atoms with Crippen LogP contribution in [0.3, 0.4) is 0 Å². The van der Waals surface area contributed by atoms with Crippen LogP contribution in [0.25, 0.3) is 0 Å². The summed E-state index contributed by atoms with van der Waals surface area (Å²) < 4.78 is 0. The van der Waals surface area contributed by atoms with E-state index in [0.29, 0.717) is 0 Å². The molecule has 1 N–H and O–H groups in total. The maximum absolute atomic E-state index is 4.11. The van der Waals surface area contributed by atoms with Crippen molar-refractivity contribution < 1.29 is 0 Å². The third kappa shape index (κ3) is 2.75. The molecule has 1 heterocycles. The Morgan fingerprint density at radius 2 is 1.70 bits per heavy atom. The van der Waals surface area contributed by atoms with Crippen LogP contribution in [-0.2, 0) is 0 Å². The Morgan fingerprint density at radius 3 is 2.25 bits per heavy atom. The molecule has 1 atom stereocenters. The highest BCUT2D eigenvalue weighted by molar-refractivity contribution is 5.34.